The molecule has 0 saturated carbocycles. The van der Waals surface area contributed by atoms with Gasteiger partial charge in [-0.3, -0.25) is 4.99 Å². The van der Waals surface area contributed by atoms with Crippen molar-refractivity contribution in [1.29, 1.82) is 0 Å². The Morgan fingerprint density at radius 3 is 2.77 bits per heavy atom. The smallest absolute Gasteiger partial charge is 0.161 e. The van der Waals surface area contributed by atoms with Crippen molar-refractivity contribution < 1.29 is 9.84 Å². The van der Waals surface area contributed by atoms with Crippen molar-refractivity contribution in [1.82, 2.24) is 0 Å². The predicted molar refractivity (Wildman–Crippen MR) is 126 cm³/mol. The van der Waals surface area contributed by atoms with Gasteiger partial charge < -0.3 is 15.2 Å². The van der Waals surface area contributed by atoms with Gasteiger partial charge in [-0.05, 0) is 72.4 Å². The second-order valence-corrected chi connectivity index (χ2v) is 8.07. The Balaban J connectivity index is 1.35. The van der Waals surface area contributed by atoms with Gasteiger partial charge in [0.25, 0.3) is 0 Å². The van der Waals surface area contributed by atoms with Crippen LogP contribution in [0, 0.1) is 5.92 Å². The third kappa shape index (κ3) is 3.81. The highest BCUT2D eigenvalue weighted by Gasteiger charge is 2.37. The first-order chi connectivity index (χ1) is 15.2. The van der Waals surface area contributed by atoms with Gasteiger partial charge in [0.05, 0.1) is 18.3 Å². The second-order valence-electron chi connectivity index (χ2n) is 8.07. The molecule has 0 spiro atoms. The minimum atomic E-state index is 0.143. The molecule has 0 radical (unpaired) electrons. The molecule has 3 aromatic carbocycles. The van der Waals surface area contributed by atoms with E-state index in [1.807, 2.05) is 13.0 Å². The molecule has 0 aromatic heterocycles. The van der Waals surface area contributed by atoms with Crippen LogP contribution in [0.25, 0.3) is 0 Å². The molecule has 4 heteroatoms. The summed E-state index contributed by atoms with van der Waals surface area (Å²) >= 11 is 0. The summed E-state index contributed by atoms with van der Waals surface area (Å²) in [7, 11) is 0. The van der Waals surface area contributed by atoms with Crippen LogP contribution < -0.4 is 10.1 Å². The average molecular weight is 411 g/mol. The van der Waals surface area contributed by atoms with Gasteiger partial charge in [-0.2, -0.15) is 0 Å². The number of ether oxygens (including phenoxy) is 1. The maximum atomic E-state index is 9.85. The Kier molecular flexibility index (Phi) is 5.21. The zero-order chi connectivity index (χ0) is 21.2. The van der Waals surface area contributed by atoms with Crippen molar-refractivity contribution in [2.75, 3.05) is 11.9 Å². The third-order valence-electron chi connectivity index (χ3n) is 6.17. The Hall–Kier alpha value is -3.53. The number of hydrogen-bond acceptors (Lipinski definition) is 4. The van der Waals surface area contributed by atoms with Gasteiger partial charge in [0.1, 0.15) is 0 Å². The summed E-state index contributed by atoms with van der Waals surface area (Å²) < 4.78 is 5.45. The standard InChI is InChI=1S/C27H26N2O2/c1-2-31-26-16-18(10-15-25(26)30)17-28-20-13-11-19(12-14-20)27-23-8-5-7-21(23)22-6-3-4-9-24(22)29-27/h3-7,9-17,21,23,27,29-30H,2,8H2,1H3/t21-,23+,27-/m0/s1. The number of fused-ring (bicyclic) bond motifs is 3. The lowest BCUT2D eigenvalue weighted by atomic mass is 9.77. The summed E-state index contributed by atoms with van der Waals surface area (Å²) in [6, 6.07) is 22.7. The lowest BCUT2D eigenvalue weighted by molar-refractivity contribution is 0.318. The van der Waals surface area contributed by atoms with Crippen LogP contribution in [-0.2, 0) is 0 Å². The molecule has 156 valence electrons. The molecule has 0 saturated heterocycles. The fourth-order valence-corrected chi connectivity index (χ4v) is 4.67. The van der Waals surface area contributed by atoms with Gasteiger partial charge in [0, 0.05) is 17.8 Å². The molecule has 2 N–H and O–H groups in total. The molecule has 4 nitrogen and oxygen atoms in total. The molecule has 3 aromatic rings. The van der Waals surface area contributed by atoms with E-state index in [4.69, 9.17) is 4.74 Å². The summed E-state index contributed by atoms with van der Waals surface area (Å²) in [6.45, 7) is 2.40. The lowest BCUT2D eigenvalue weighted by Gasteiger charge is -2.37. The molecule has 0 bridgehead atoms. The van der Waals surface area contributed by atoms with Gasteiger partial charge in [0.2, 0.25) is 0 Å². The van der Waals surface area contributed by atoms with Crippen molar-refractivity contribution in [3.8, 4) is 11.5 Å². The molecule has 1 aliphatic carbocycles. The normalized spacial score (nSPS) is 21.5. The summed E-state index contributed by atoms with van der Waals surface area (Å²) in [4.78, 5) is 4.60. The highest BCUT2D eigenvalue weighted by Crippen LogP contribution is 2.49. The SMILES string of the molecule is CCOc1cc(C=Nc2ccc([C@@H]3Nc4ccccc4[C@@H]4C=CC[C@H]43)cc2)ccc1O. The van der Waals surface area contributed by atoms with E-state index >= 15 is 0 Å². The van der Waals surface area contributed by atoms with Crippen LogP contribution in [0.4, 0.5) is 11.4 Å². The van der Waals surface area contributed by atoms with Gasteiger partial charge in [-0.15, -0.1) is 0 Å². The molecule has 0 fully saturated rings. The molecule has 1 aliphatic heterocycles. The van der Waals surface area contributed by atoms with Crippen molar-refractivity contribution in [2.45, 2.75) is 25.3 Å². The number of phenols is 1. The number of aromatic hydroxyl groups is 1. The molecular formula is C27H26N2O2. The summed E-state index contributed by atoms with van der Waals surface area (Å²) in [6.07, 6.45) is 7.58. The number of phenolic OH excluding ortho intramolecular Hbond substituents is 1. The zero-order valence-corrected chi connectivity index (χ0v) is 17.5. The summed E-state index contributed by atoms with van der Waals surface area (Å²) in [5.41, 5.74) is 5.71. The minimum absolute atomic E-state index is 0.143. The Labute approximate surface area is 182 Å². The monoisotopic (exact) mass is 410 g/mol. The molecule has 0 unspecified atom stereocenters. The van der Waals surface area contributed by atoms with Gasteiger partial charge in [-0.1, -0.05) is 42.5 Å². The number of aliphatic imine (C=N–C) groups is 1. The fraction of sp³-hybridized carbons (Fsp3) is 0.222. The quantitative estimate of drug-likeness (QED) is 0.380. The number of para-hydroxylation sites is 1. The molecule has 2 aliphatic rings. The number of hydrogen-bond donors (Lipinski definition) is 2. The van der Waals surface area contributed by atoms with Crippen molar-refractivity contribution in [2.24, 2.45) is 10.9 Å². The van der Waals surface area contributed by atoms with E-state index in [1.54, 1.807) is 18.3 Å². The van der Waals surface area contributed by atoms with E-state index < -0.39 is 0 Å². The molecule has 0 amide bonds. The van der Waals surface area contributed by atoms with Crippen molar-refractivity contribution >= 4 is 17.6 Å². The number of nitrogens with zero attached hydrogens (tertiary/aromatic N) is 1. The number of rotatable bonds is 5. The largest absolute Gasteiger partial charge is 0.504 e. The fourth-order valence-electron chi connectivity index (χ4n) is 4.67. The van der Waals surface area contributed by atoms with E-state index in [-0.39, 0.29) is 5.75 Å². The van der Waals surface area contributed by atoms with E-state index in [9.17, 15) is 5.11 Å². The maximum absolute atomic E-state index is 9.85. The lowest BCUT2D eigenvalue weighted by Crippen LogP contribution is -2.28. The van der Waals surface area contributed by atoms with E-state index in [0.29, 0.717) is 30.2 Å². The number of allylic oxidation sites excluding steroid dienone is 2. The van der Waals surface area contributed by atoms with Crippen LogP contribution in [0.15, 0.2) is 83.9 Å². The number of anilines is 1. The molecular weight excluding hydrogens is 384 g/mol. The molecule has 31 heavy (non-hydrogen) atoms. The Morgan fingerprint density at radius 2 is 1.94 bits per heavy atom. The zero-order valence-electron chi connectivity index (χ0n) is 17.5. The van der Waals surface area contributed by atoms with Gasteiger partial charge >= 0.3 is 0 Å². The van der Waals surface area contributed by atoms with Gasteiger partial charge in [0.15, 0.2) is 11.5 Å². The molecule has 3 atom stereocenters. The first kappa shape index (κ1) is 19.4. The predicted octanol–water partition coefficient (Wildman–Crippen LogP) is 6.37. The maximum Gasteiger partial charge on any atom is 0.161 e. The topological polar surface area (TPSA) is 53.8 Å². The van der Waals surface area contributed by atoms with Crippen LogP contribution in [0.2, 0.25) is 0 Å². The minimum Gasteiger partial charge on any atom is -0.504 e. The Morgan fingerprint density at radius 1 is 1.10 bits per heavy atom. The number of benzene rings is 3. The highest BCUT2D eigenvalue weighted by atomic mass is 16.5. The summed E-state index contributed by atoms with van der Waals surface area (Å²) in [5.74, 6) is 1.64. The van der Waals surface area contributed by atoms with Crippen molar-refractivity contribution in [3.63, 3.8) is 0 Å². The Bertz CT molecular complexity index is 1130. The van der Waals surface area contributed by atoms with E-state index in [2.05, 4.69) is 71.0 Å². The van der Waals surface area contributed by atoms with Crippen LogP contribution in [-0.4, -0.2) is 17.9 Å². The first-order valence-electron chi connectivity index (χ1n) is 10.8. The van der Waals surface area contributed by atoms with Crippen LogP contribution in [0.1, 0.15) is 42.0 Å². The number of nitrogens with one attached hydrogen (secondary N) is 1. The van der Waals surface area contributed by atoms with Crippen LogP contribution in [0.3, 0.4) is 0 Å². The average Bonchev–Trinajstić information content (AvgIpc) is 3.30. The van der Waals surface area contributed by atoms with Crippen molar-refractivity contribution in [3.05, 3.63) is 95.6 Å². The molecule has 1 heterocycles. The second kappa shape index (κ2) is 8.31. The molecule has 5 rings (SSSR count). The van der Waals surface area contributed by atoms with E-state index in [1.165, 1.54) is 16.8 Å². The highest BCUT2D eigenvalue weighted by molar-refractivity contribution is 5.83. The summed E-state index contributed by atoms with van der Waals surface area (Å²) in [5, 5.41) is 13.6. The first-order valence-corrected chi connectivity index (χ1v) is 10.8. The third-order valence-corrected chi connectivity index (χ3v) is 6.17. The van der Waals surface area contributed by atoms with Gasteiger partial charge in [-0.25, -0.2) is 0 Å². The van der Waals surface area contributed by atoms with Crippen LogP contribution in [0.5, 0.6) is 11.5 Å². The van der Waals surface area contributed by atoms with Crippen LogP contribution >= 0.6 is 0 Å². The van der Waals surface area contributed by atoms with E-state index in [0.717, 1.165) is 17.7 Å².